The molecule has 1 rings (SSSR count). The molecule has 0 fully saturated rings. The Morgan fingerprint density at radius 1 is 1.25 bits per heavy atom. The predicted molar refractivity (Wildman–Crippen MR) is 64.9 cm³/mol. The standard InChI is InChI=1S/C12H14F3NO4/c1-11(18,12(13,14)15)10(17)16-8-5-4-7(19-2)6-9(8)20-3/h4-6,18H,1-3H3,(H,16,17). The molecular weight excluding hydrogens is 279 g/mol. The molecule has 1 aromatic rings. The van der Waals surface area contributed by atoms with Crippen molar-refractivity contribution >= 4 is 11.6 Å². The summed E-state index contributed by atoms with van der Waals surface area (Å²) in [7, 11) is 2.69. The van der Waals surface area contributed by atoms with Crippen LogP contribution in [0.15, 0.2) is 18.2 Å². The van der Waals surface area contributed by atoms with Gasteiger partial charge in [-0.2, -0.15) is 13.2 Å². The van der Waals surface area contributed by atoms with Crippen LogP contribution in [0.1, 0.15) is 6.92 Å². The Hall–Kier alpha value is -1.96. The molecule has 0 heterocycles. The second-order valence-corrected chi connectivity index (χ2v) is 4.09. The fourth-order valence-corrected chi connectivity index (χ4v) is 1.27. The molecule has 0 saturated heterocycles. The first-order chi connectivity index (χ1) is 9.13. The molecule has 1 amide bonds. The first-order valence-corrected chi connectivity index (χ1v) is 5.46. The van der Waals surface area contributed by atoms with E-state index in [9.17, 15) is 23.1 Å². The van der Waals surface area contributed by atoms with Crippen LogP contribution in [0.4, 0.5) is 18.9 Å². The lowest BCUT2D eigenvalue weighted by Gasteiger charge is -2.25. The second kappa shape index (κ2) is 5.58. The lowest BCUT2D eigenvalue weighted by atomic mass is 10.1. The summed E-state index contributed by atoms with van der Waals surface area (Å²) in [6.45, 7) is 0.373. The van der Waals surface area contributed by atoms with Gasteiger partial charge in [-0.05, 0) is 19.1 Å². The van der Waals surface area contributed by atoms with Crippen LogP contribution in [0, 0.1) is 0 Å². The number of amides is 1. The van der Waals surface area contributed by atoms with E-state index in [1.807, 2.05) is 5.32 Å². The number of carbonyl (C=O) groups is 1. The van der Waals surface area contributed by atoms with Crippen molar-refractivity contribution in [2.24, 2.45) is 0 Å². The second-order valence-electron chi connectivity index (χ2n) is 4.09. The van der Waals surface area contributed by atoms with Gasteiger partial charge in [-0.3, -0.25) is 4.79 Å². The van der Waals surface area contributed by atoms with E-state index in [1.165, 1.54) is 32.4 Å². The first-order valence-electron chi connectivity index (χ1n) is 5.46. The molecule has 0 bridgehead atoms. The Morgan fingerprint density at radius 2 is 1.85 bits per heavy atom. The molecule has 112 valence electrons. The molecule has 0 spiro atoms. The Morgan fingerprint density at radius 3 is 2.30 bits per heavy atom. The molecule has 1 unspecified atom stereocenters. The van der Waals surface area contributed by atoms with E-state index < -0.39 is 17.7 Å². The first kappa shape index (κ1) is 16.1. The number of nitrogens with one attached hydrogen (secondary N) is 1. The Kier molecular flexibility index (Phi) is 4.49. The highest BCUT2D eigenvalue weighted by Gasteiger charge is 2.55. The average Bonchev–Trinajstić information content (AvgIpc) is 2.37. The van der Waals surface area contributed by atoms with E-state index in [-0.39, 0.29) is 11.4 Å². The zero-order valence-corrected chi connectivity index (χ0v) is 11.0. The predicted octanol–water partition coefficient (Wildman–Crippen LogP) is 1.96. The monoisotopic (exact) mass is 293 g/mol. The van der Waals surface area contributed by atoms with Crippen LogP contribution in [-0.2, 0) is 4.79 Å². The van der Waals surface area contributed by atoms with Gasteiger partial charge >= 0.3 is 6.18 Å². The van der Waals surface area contributed by atoms with Gasteiger partial charge in [0, 0.05) is 6.07 Å². The summed E-state index contributed by atoms with van der Waals surface area (Å²) >= 11 is 0. The number of carbonyl (C=O) groups excluding carboxylic acids is 1. The average molecular weight is 293 g/mol. The van der Waals surface area contributed by atoms with Crippen molar-refractivity contribution in [2.75, 3.05) is 19.5 Å². The highest BCUT2D eigenvalue weighted by molar-refractivity contribution is 5.98. The van der Waals surface area contributed by atoms with E-state index in [4.69, 9.17) is 9.47 Å². The number of alkyl halides is 3. The molecule has 1 aromatic carbocycles. The van der Waals surface area contributed by atoms with Crippen molar-refractivity contribution in [2.45, 2.75) is 18.7 Å². The van der Waals surface area contributed by atoms with Crippen molar-refractivity contribution in [3.63, 3.8) is 0 Å². The minimum absolute atomic E-state index is 0.0113. The number of benzene rings is 1. The van der Waals surface area contributed by atoms with Crippen LogP contribution in [0.3, 0.4) is 0 Å². The van der Waals surface area contributed by atoms with Gasteiger partial charge in [-0.15, -0.1) is 0 Å². The summed E-state index contributed by atoms with van der Waals surface area (Å²) in [4.78, 5) is 11.5. The van der Waals surface area contributed by atoms with Crippen LogP contribution >= 0.6 is 0 Å². The zero-order chi connectivity index (χ0) is 15.6. The molecule has 1 atom stereocenters. The molecule has 8 heteroatoms. The van der Waals surface area contributed by atoms with Crippen molar-refractivity contribution in [3.05, 3.63) is 18.2 Å². The number of anilines is 1. The highest BCUT2D eigenvalue weighted by atomic mass is 19.4. The molecule has 0 aliphatic rings. The van der Waals surface area contributed by atoms with Gasteiger partial charge in [0.05, 0.1) is 19.9 Å². The maximum atomic E-state index is 12.5. The molecule has 20 heavy (non-hydrogen) atoms. The normalized spacial score (nSPS) is 14.3. The SMILES string of the molecule is COc1ccc(NC(=O)C(C)(O)C(F)(F)F)c(OC)c1. The fourth-order valence-electron chi connectivity index (χ4n) is 1.27. The highest BCUT2D eigenvalue weighted by Crippen LogP contribution is 2.33. The minimum atomic E-state index is -5.09. The zero-order valence-electron chi connectivity index (χ0n) is 11.0. The molecule has 0 aliphatic carbocycles. The van der Waals surface area contributed by atoms with Gasteiger partial charge in [-0.1, -0.05) is 0 Å². The van der Waals surface area contributed by atoms with Gasteiger partial charge < -0.3 is 19.9 Å². The Bertz CT molecular complexity index is 500. The van der Waals surface area contributed by atoms with Crippen molar-refractivity contribution in [1.82, 2.24) is 0 Å². The third-order valence-electron chi connectivity index (χ3n) is 2.65. The van der Waals surface area contributed by atoms with E-state index in [0.29, 0.717) is 12.7 Å². The number of rotatable bonds is 4. The van der Waals surface area contributed by atoms with Crippen LogP contribution in [-0.4, -0.2) is 37.0 Å². The smallest absolute Gasteiger partial charge is 0.426 e. The van der Waals surface area contributed by atoms with Crippen molar-refractivity contribution in [1.29, 1.82) is 0 Å². The van der Waals surface area contributed by atoms with E-state index >= 15 is 0 Å². The molecule has 2 N–H and O–H groups in total. The minimum Gasteiger partial charge on any atom is -0.497 e. The van der Waals surface area contributed by atoms with Gasteiger partial charge in [0.25, 0.3) is 5.91 Å². The number of aliphatic hydroxyl groups is 1. The fraction of sp³-hybridized carbons (Fsp3) is 0.417. The maximum Gasteiger partial charge on any atom is 0.426 e. The van der Waals surface area contributed by atoms with Crippen LogP contribution < -0.4 is 14.8 Å². The molecule has 0 aliphatic heterocycles. The molecule has 0 aromatic heterocycles. The molecular formula is C12H14F3NO4. The van der Waals surface area contributed by atoms with Gasteiger partial charge in [-0.25, -0.2) is 0 Å². The van der Waals surface area contributed by atoms with Gasteiger partial charge in [0.15, 0.2) is 0 Å². The number of halogens is 3. The third-order valence-corrected chi connectivity index (χ3v) is 2.65. The summed E-state index contributed by atoms with van der Waals surface area (Å²) in [6.07, 6.45) is -5.09. The Labute approximate surface area is 113 Å². The molecule has 5 nitrogen and oxygen atoms in total. The van der Waals surface area contributed by atoms with Crippen LogP contribution in [0.2, 0.25) is 0 Å². The van der Waals surface area contributed by atoms with Crippen LogP contribution in [0.5, 0.6) is 11.5 Å². The lowest BCUT2D eigenvalue weighted by Crippen LogP contribution is -2.52. The Balaban J connectivity index is 3.02. The lowest BCUT2D eigenvalue weighted by molar-refractivity contribution is -0.242. The summed E-state index contributed by atoms with van der Waals surface area (Å²) in [5.41, 5.74) is -3.51. The van der Waals surface area contributed by atoms with E-state index in [2.05, 4.69) is 0 Å². The van der Waals surface area contributed by atoms with E-state index in [0.717, 1.165) is 0 Å². The molecule has 0 saturated carbocycles. The number of hydrogen-bond donors (Lipinski definition) is 2. The summed E-state index contributed by atoms with van der Waals surface area (Å²) < 4.78 is 47.4. The maximum absolute atomic E-state index is 12.5. The topological polar surface area (TPSA) is 67.8 Å². The largest absolute Gasteiger partial charge is 0.497 e. The van der Waals surface area contributed by atoms with Crippen LogP contribution in [0.25, 0.3) is 0 Å². The third kappa shape index (κ3) is 3.13. The van der Waals surface area contributed by atoms with Gasteiger partial charge in [0.1, 0.15) is 11.5 Å². The van der Waals surface area contributed by atoms with E-state index in [1.54, 1.807) is 0 Å². The van der Waals surface area contributed by atoms with Crippen molar-refractivity contribution < 1.29 is 32.5 Å². The summed E-state index contributed by atoms with van der Waals surface area (Å²) in [6, 6.07) is 4.13. The summed E-state index contributed by atoms with van der Waals surface area (Å²) in [5.74, 6) is -1.09. The quantitative estimate of drug-likeness (QED) is 0.890. The van der Waals surface area contributed by atoms with Crippen molar-refractivity contribution in [3.8, 4) is 11.5 Å². The summed E-state index contributed by atoms with van der Waals surface area (Å²) in [5, 5.41) is 11.2. The molecule has 0 radical (unpaired) electrons. The van der Waals surface area contributed by atoms with Gasteiger partial charge in [0.2, 0.25) is 5.60 Å². The number of ether oxygens (including phenoxy) is 2. The number of hydrogen-bond acceptors (Lipinski definition) is 4. The number of methoxy groups -OCH3 is 2.